The van der Waals surface area contributed by atoms with E-state index in [2.05, 4.69) is 6.55 Å². The Hall–Kier alpha value is 0.217. The van der Waals surface area contributed by atoms with Gasteiger partial charge in [-0.05, 0) is 5.92 Å². The predicted molar refractivity (Wildman–Crippen MR) is 50.4 cm³/mol. The molecule has 0 aromatic carbocycles. The molecule has 0 aromatic rings. The lowest BCUT2D eigenvalue weighted by Gasteiger charge is -2.20. The zero-order valence-electron chi connectivity index (χ0n) is 7.23. The van der Waals surface area contributed by atoms with Crippen molar-refractivity contribution in [1.82, 2.24) is 0 Å². The molecule has 0 bridgehead atoms. The minimum Gasteiger partial charge on any atom is -0.0748 e. The summed E-state index contributed by atoms with van der Waals surface area (Å²) in [6.45, 7) is 2.43. The van der Waals surface area contributed by atoms with Gasteiger partial charge in [-0.3, -0.25) is 0 Å². The SMILES string of the molecule is C[SiH2]CCC1CCCCC1. The van der Waals surface area contributed by atoms with Crippen LogP contribution in [0.25, 0.3) is 0 Å². The van der Waals surface area contributed by atoms with Crippen LogP contribution >= 0.6 is 0 Å². The summed E-state index contributed by atoms with van der Waals surface area (Å²) in [5, 5.41) is 0. The van der Waals surface area contributed by atoms with Crippen LogP contribution in [-0.2, 0) is 0 Å². The normalized spacial score (nSPS) is 22.5. The summed E-state index contributed by atoms with van der Waals surface area (Å²) in [7, 11) is 0.369. The maximum atomic E-state index is 2.43. The molecule has 0 aliphatic heterocycles. The van der Waals surface area contributed by atoms with Gasteiger partial charge in [-0.1, -0.05) is 51.1 Å². The van der Waals surface area contributed by atoms with Crippen LogP contribution in [-0.4, -0.2) is 9.52 Å². The molecule has 0 heterocycles. The van der Waals surface area contributed by atoms with Crippen molar-refractivity contribution in [3.63, 3.8) is 0 Å². The molecular weight excluding hydrogens is 136 g/mol. The van der Waals surface area contributed by atoms with Crippen LogP contribution in [0.2, 0.25) is 12.6 Å². The third-order valence-corrected chi connectivity index (χ3v) is 3.81. The number of hydrogen-bond acceptors (Lipinski definition) is 0. The van der Waals surface area contributed by atoms with Crippen LogP contribution in [0.4, 0.5) is 0 Å². The van der Waals surface area contributed by atoms with Crippen LogP contribution in [0.5, 0.6) is 0 Å². The van der Waals surface area contributed by atoms with Gasteiger partial charge in [-0.25, -0.2) is 0 Å². The van der Waals surface area contributed by atoms with E-state index in [0.29, 0.717) is 9.52 Å². The van der Waals surface area contributed by atoms with Crippen molar-refractivity contribution in [2.24, 2.45) is 5.92 Å². The molecular formula is C9H20Si. The largest absolute Gasteiger partial charge is 0.0748 e. The molecule has 1 heteroatoms. The Morgan fingerprint density at radius 3 is 2.50 bits per heavy atom. The molecule has 0 radical (unpaired) electrons. The first-order valence-corrected chi connectivity index (χ1v) is 7.35. The van der Waals surface area contributed by atoms with Gasteiger partial charge in [0.15, 0.2) is 0 Å². The fourth-order valence-electron chi connectivity index (χ4n) is 1.97. The smallest absolute Gasteiger partial charge is 0.0166 e. The van der Waals surface area contributed by atoms with Crippen molar-refractivity contribution in [3.8, 4) is 0 Å². The van der Waals surface area contributed by atoms with Crippen molar-refractivity contribution in [3.05, 3.63) is 0 Å². The monoisotopic (exact) mass is 156 g/mol. The van der Waals surface area contributed by atoms with E-state index in [0.717, 1.165) is 5.92 Å². The molecule has 0 amide bonds. The van der Waals surface area contributed by atoms with E-state index >= 15 is 0 Å². The Morgan fingerprint density at radius 2 is 1.90 bits per heavy atom. The molecule has 10 heavy (non-hydrogen) atoms. The summed E-state index contributed by atoms with van der Waals surface area (Å²) < 4.78 is 0. The minimum absolute atomic E-state index is 0.369. The quantitative estimate of drug-likeness (QED) is 0.551. The van der Waals surface area contributed by atoms with E-state index in [1.807, 2.05) is 0 Å². The van der Waals surface area contributed by atoms with Gasteiger partial charge in [0.1, 0.15) is 0 Å². The molecule has 1 rings (SSSR count). The topological polar surface area (TPSA) is 0 Å². The molecule has 0 nitrogen and oxygen atoms in total. The van der Waals surface area contributed by atoms with Crippen LogP contribution in [0.15, 0.2) is 0 Å². The third kappa shape index (κ3) is 2.87. The molecule has 0 atom stereocenters. The van der Waals surface area contributed by atoms with Crippen LogP contribution < -0.4 is 0 Å². The van der Waals surface area contributed by atoms with Gasteiger partial charge in [0, 0.05) is 9.52 Å². The Morgan fingerprint density at radius 1 is 1.20 bits per heavy atom. The summed E-state index contributed by atoms with van der Waals surface area (Å²) in [5.74, 6) is 1.14. The summed E-state index contributed by atoms with van der Waals surface area (Å²) in [6.07, 6.45) is 9.23. The number of rotatable bonds is 3. The van der Waals surface area contributed by atoms with E-state index in [-0.39, 0.29) is 0 Å². The average molecular weight is 156 g/mol. The first-order valence-electron chi connectivity index (χ1n) is 4.93. The second kappa shape index (κ2) is 4.95. The molecule has 60 valence electrons. The Bertz CT molecular complexity index is 74.8. The Balaban J connectivity index is 2.02. The highest BCUT2D eigenvalue weighted by atomic mass is 28.2. The van der Waals surface area contributed by atoms with Gasteiger partial charge in [0.2, 0.25) is 0 Å². The molecule has 1 fully saturated rings. The zero-order valence-corrected chi connectivity index (χ0v) is 8.65. The lowest BCUT2D eigenvalue weighted by Crippen LogP contribution is -2.06. The summed E-state index contributed by atoms with van der Waals surface area (Å²) in [4.78, 5) is 0. The number of hydrogen-bond donors (Lipinski definition) is 0. The lowest BCUT2D eigenvalue weighted by molar-refractivity contribution is 0.349. The summed E-state index contributed by atoms with van der Waals surface area (Å²) in [6, 6.07) is 1.60. The second-order valence-corrected chi connectivity index (χ2v) is 5.35. The minimum atomic E-state index is 0.369. The molecule has 1 aliphatic rings. The highest BCUT2D eigenvalue weighted by molar-refractivity contribution is 6.33. The van der Waals surface area contributed by atoms with E-state index in [1.54, 1.807) is 25.3 Å². The molecule has 0 saturated heterocycles. The Labute approximate surface area is 67.2 Å². The maximum absolute atomic E-state index is 2.43. The first-order chi connectivity index (χ1) is 4.93. The van der Waals surface area contributed by atoms with Crippen LogP contribution in [0.1, 0.15) is 38.5 Å². The highest BCUT2D eigenvalue weighted by Gasteiger charge is 2.11. The predicted octanol–water partition coefficient (Wildman–Crippen LogP) is 2.59. The lowest BCUT2D eigenvalue weighted by atomic mass is 9.88. The highest BCUT2D eigenvalue weighted by Crippen LogP contribution is 2.27. The van der Waals surface area contributed by atoms with E-state index in [1.165, 1.54) is 19.3 Å². The van der Waals surface area contributed by atoms with E-state index in [4.69, 9.17) is 0 Å². The van der Waals surface area contributed by atoms with Crippen LogP contribution in [0, 0.1) is 5.92 Å². The van der Waals surface area contributed by atoms with Crippen molar-refractivity contribution in [1.29, 1.82) is 0 Å². The van der Waals surface area contributed by atoms with Gasteiger partial charge in [0.05, 0.1) is 0 Å². The Kier molecular flexibility index (Phi) is 4.11. The van der Waals surface area contributed by atoms with Crippen LogP contribution in [0.3, 0.4) is 0 Å². The van der Waals surface area contributed by atoms with Gasteiger partial charge >= 0.3 is 0 Å². The molecule has 0 aromatic heterocycles. The van der Waals surface area contributed by atoms with Crippen molar-refractivity contribution in [2.75, 3.05) is 0 Å². The standard InChI is InChI=1S/C9H20Si/c1-10-8-7-9-5-3-2-4-6-9/h9H,2-8,10H2,1H3. The fourth-order valence-corrected chi connectivity index (χ4v) is 2.95. The van der Waals surface area contributed by atoms with E-state index < -0.39 is 0 Å². The maximum Gasteiger partial charge on any atom is 0.0166 e. The summed E-state index contributed by atoms with van der Waals surface area (Å²) in [5.41, 5.74) is 0. The fraction of sp³-hybridized carbons (Fsp3) is 1.00. The van der Waals surface area contributed by atoms with Crippen molar-refractivity contribution >= 4 is 9.52 Å². The zero-order chi connectivity index (χ0) is 7.23. The average Bonchev–Trinajstić information content (AvgIpc) is 2.03. The van der Waals surface area contributed by atoms with Gasteiger partial charge < -0.3 is 0 Å². The third-order valence-electron chi connectivity index (χ3n) is 2.69. The molecule has 1 aliphatic carbocycles. The summed E-state index contributed by atoms with van der Waals surface area (Å²) >= 11 is 0. The van der Waals surface area contributed by atoms with Crippen molar-refractivity contribution in [2.45, 2.75) is 51.1 Å². The molecule has 1 saturated carbocycles. The second-order valence-electron chi connectivity index (χ2n) is 3.65. The van der Waals surface area contributed by atoms with Gasteiger partial charge in [-0.15, -0.1) is 0 Å². The van der Waals surface area contributed by atoms with Gasteiger partial charge in [0.25, 0.3) is 0 Å². The van der Waals surface area contributed by atoms with E-state index in [9.17, 15) is 0 Å². The molecule has 0 N–H and O–H groups in total. The first kappa shape index (κ1) is 8.31. The van der Waals surface area contributed by atoms with Crippen molar-refractivity contribution < 1.29 is 0 Å². The molecule has 0 spiro atoms. The molecule has 0 unspecified atom stereocenters. The van der Waals surface area contributed by atoms with Gasteiger partial charge in [-0.2, -0.15) is 0 Å².